The molecule has 7 nitrogen and oxygen atoms in total. The third-order valence-corrected chi connectivity index (χ3v) is 7.20. The molecule has 0 radical (unpaired) electrons. The van der Waals surface area contributed by atoms with E-state index < -0.39 is 16.2 Å². The van der Waals surface area contributed by atoms with Crippen LogP contribution in [-0.2, 0) is 10.0 Å². The fourth-order valence-corrected chi connectivity index (χ4v) is 5.15. The summed E-state index contributed by atoms with van der Waals surface area (Å²) in [7, 11) is -3.66. The van der Waals surface area contributed by atoms with Gasteiger partial charge in [0.05, 0.1) is 11.1 Å². The Bertz CT molecular complexity index is 733. The van der Waals surface area contributed by atoms with Gasteiger partial charge in [0.1, 0.15) is 0 Å². The van der Waals surface area contributed by atoms with Crippen LogP contribution in [0.1, 0.15) is 19.8 Å². The predicted octanol–water partition coefficient (Wildman–Crippen LogP) is 1.80. The van der Waals surface area contributed by atoms with Crippen LogP contribution in [0.3, 0.4) is 0 Å². The fourth-order valence-electron chi connectivity index (χ4n) is 3.42. The third-order valence-electron chi connectivity index (χ3n) is 5.02. The van der Waals surface area contributed by atoms with Crippen molar-refractivity contribution in [3.8, 4) is 0 Å². The van der Waals surface area contributed by atoms with E-state index in [0.29, 0.717) is 31.1 Å². The number of hydrogen-bond donors (Lipinski definition) is 1. The van der Waals surface area contributed by atoms with E-state index in [0.717, 1.165) is 26.1 Å². The van der Waals surface area contributed by atoms with Crippen molar-refractivity contribution in [2.45, 2.75) is 30.8 Å². The first-order valence-electron chi connectivity index (χ1n) is 8.97. The molecule has 0 aromatic heterocycles. The second kappa shape index (κ2) is 8.12. The summed E-state index contributed by atoms with van der Waals surface area (Å²) < 4.78 is 27.2. The number of amides is 2. The zero-order chi connectivity index (χ0) is 18.7. The van der Waals surface area contributed by atoms with Crippen LogP contribution in [0.4, 0.5) is 4.79 Å². The number of halogens is 1. The number of hydrogen-bond acceptors (Lipinski definition) is 4. The molecule has 2 saturated heterocycles. The Balaban J connectivity index is 1.66. The van der Waals surface area contributed by atoms with Crippen LogP contribution in [0.15, 0.2) is 29.2 Å². The summed E-state index contributed by atoms with van der Waals surface area (Å²) in [6, 6.07) is 5.93. The monoisotopic (exact) mass is 400 g/mol. The molecule has 9 heteroatoms. The van der Waals surface area contributed by atoms with E-state index >= 15 is 0 Å². The lowest BCUT2D eigenvalue weighted by Crippen LogP contribution is -2.55. The van der Waals surface area contributed by atoms with E-state index in [4.69, 9.17) is 11.6 Å². The van der Waals surface area contributed by atoms with Gasteiger partial charge in [-0.25, -0.2) is 13.2 Å². The molecular weight excluding hydrogens is 376 g/mol. The molecule has 1 atom stereocenters. The molecule has 1 unspecified atom stereocenters. The number of benzene rings is 1. The summed E-state index contributed by atoms with van der Waals surface area (Å²) in [5.74, 6) is 0. The van der Waals surface area contributed by atoms with Crippen LogP contribution in [0.5, 0.6) is 0 Å². The highest BCUT2D eigenvalue weighted by Crippen LogP contribution is 2.25. The molecule has 0 bridgehead atoms. The highest BCUT2D eigenvalue weighted by molar-refractivity contribution is 7.89. The Labute approximate surface area is 159 Å². The average molecular weight is 401 g/mol. The summed E-state index contributed by atoms with van der Waals surface area (Å²) in [6.45, 7) is 6.51. The maximum absolute atomic E-state index is 12.9. The van der Waals surface area contributed by atoms with Gasteiger partial charge in [0.15, 0.2) is 0 Å². The number of piperazine rings is 1. The molecule has 0 saturated carbocycles. The molecule has 2 aliphatic heterocycles. The van der Waals surface area contributed by atoms with Gasteiger partial charge in [0.2, 0.25) is 10.0 Å². The Hall–Kier alpha value is -1.35. The first kappa shape index (κ1) is 19.4. The molecule has 26 heavy (non-hydrogen) atoms. The molecule has 1 aromatic rings. The van der Waals surface area contributed by atoms with Gasteiger partial charge in [-0.2, -0.15) is 4.31 Å². The topological polar surface area (TPSA) is 73.0 Å². The van der Waals surface area contributed by atoms with E-state index in [9.17, 15) is 13.2 Å². The highest BCUT2D eigenvalue weighted by atomic mass is 35.5. The summed E-state index contributed by atoms with van der Waals surface area (Å²) in [5.41, 5.74) is 0. The van der Waals surface area contributed by atoms with Crippen LogP contribution >= 0.6 is 11.6 Å². The van der Waals surface area contributed by atoms with Crippen LogP contribution < -0.4 is 5.32 Å². The van der Waals surface area contributed by atoms with Crippen LogP contribution in [0, 0.1) is 0 Å². The second-order valence-corrected chi connectivity index (χ2v) is 8.93. The van der Waals surface area contributed by atoms with Crippen molar-refractivity contribution in [1.29, 1.82) is 0 Å². The van der Waals surface area contributed by atoms with Crippen molar-refractivity contribution in [3.63, 3.8) is 0 Å². The molecule has 2 aliphatic rings. The first-order valence-corrected chi connectivity index (χ1v) is 10.8. The number of urea groups is 1. The molecule has 2 fully saturated rings. The number of likely N-dealkylation sites (N-methyl/N-ethyl adjacent to an activating group) is 1. The minimum absolute atomic E-state index is 0.191. The largest absolute Gasteiger partial charge is 0.322 e. The summed E-state index contributed by atoms with van der Waals surface area (Å²) >= 11 is 5.85. The molecule has 0 aliphatic carbocycles. The molecular formula is C17H25ClN4O3S. The standard InChI is InChI=1S/C17H25ClN4O3S/c1-2-20-10-12-21(13-11-20)17(23)19-16-4-3-9-22(16)26(24,25)15-7-5-14(18)6-8-15/h5-8,16H,2-4,9-13H2,1H3,(H,19,23). The molecule has 0 spiro atoms. The van der Waals surface area contributed by atoms with Gasteiger partial charge in [-0.3, -0.25) is 0 Å². The lowest BCUT2D eigenvalue weighted by Gasteiger charge is -2.35. The third kappa shape index (κ3) is 4.14. The van der Waals surface area contributed by atoms with Gasteiger partial charge < -0.3 is 15.1 Å². The number of carbonyl (C=O) groups excluding carboxylic acids is 1. The Morgan fingerprint density at radius 3 is 2.42 bits per heavy atom. The highest BCUT2D eigenvalue weighted by Gasteiger charge is 2.37. The number of nitrogens with one attached hydrogen (secondary N) is 1. The van der Waals surface area contributed by atoms with Crippen LogP contribution in [-0.4, -0.2) is 74.0 Å². The lowest BCUT2D eigenvalue weighted by atomic mass is 10.3. The van der Waals surface area contributed by atoms with Crippen molar-refractivity contribution in [1.82, 2.24) is 19.4 Å². The molecule has 3 rings (SSSR count). The average Bonchev–Trinajstić information content (AvgIpc) is 3.11. The summed E-state index contributed by atoms with van der Waals surface area (Å²) in [6.07, 6.45) is 0.835. The maximum Gasteiger partial charge on any atom is 0.318 e. The molecule has 1 N–H and O–H groups in total. The van der Waals surface area contributed by atoms with Gasteiger partial charge in [-0.1, -0.05) is 18.5 Å². The zero-order valence-corrected chi connectivity index (χ0v) is 16.5. The SMILES string of the molecule is CCN1CCN(C(=O)NC2CCCN2S(=O)(=O)c2ccc(Cl)cc2)CC1. The predicted molar refractivity (Wildman–Crippen MR) is 101 cm³/mol. The Morgan fingerprint density at radius 2 is 1.81 bits per heavy atom. The van der Waals surface area contributed by atoms with E-state index in [1.54, 1.807) is 17.0 Å². The van der Waals surface area contributed by atoms with Gasteiger partial charge in [0, 0.05) is 37.7 Å². The van der Waals surface area contributed by atoms with Gasteiger partial charge in [0.25, 0.3) is 0 Å². The van der Waals surface area contributed by atoms with Crippen LogP contribution in [0.25, 0.3) is 0 Å². The molecule has 144 valence electrons. The van der Waals surface area contributed by atoms with Crippen molar-refractivity contribution in [2.24, 2.45) is 0 Å². The number of nitrogens with zero attached hydrogens (tertiary/aromatic N) is 3. The van der Waals surface area contributed by atoms with Gasteiger partial charge in [-0.15, -0.1) is 0 Å². The molecule has 1 aromatic carbocycles. The van der Waals surface area contributed by atoms with Gasteiger partial charge >= 0.3 is 6.03 Å². The number of carbonyl (C=O) groups is 1. The van der Waals surface area contributed by atoms with E-state index in [2.05, 4.69) is 17.1 Å². The first-order chi connectivity index (χ1) is 12.4. The Kier molecular flexibility index (Phi) is 6.06. The molecule has 2 amide bonds. The number of rotatable bonds is 4. The normalized spacial score (nSPS) is 22.5. The molecule has 2 heterocycles. The fraction of sp³-hybridized carbons (Fsp3) is 0.588. The van der Waals surface area contributed by atoms with Gasteiger partial charge in [-0.05, 0) is 43.7 Å². The zero-order valence-electron chi connectivity index (χ0n) is 14.9. The summed E-state index contributed by atoms with van der Waals surface area (Å²) in [5, 5.41) is 3.40. The van der Waals surface area contributed by atoms with Crippen molar-refractivity contribution < 1.29 is 13.2 Å². The van der Waals surface area contributed by atoms with Crippen LogP contribution in [0.2, 0.25) is 5.02 Å². The minimum atomic E-state index is -3.66. The Morgan fingerprint density at radius 1 is 1.15 bits per heavy atom. The quantitative estimate of drug-likeness (QED) is 0.836. The number of sulfonamides is 1. The van der Waals surface area contributed by atoms with Crippen molar-refractivity contribution in [2.75, 3.05) is 39.3 Å². The maximum atomic E-state index is 12.9. The van der Waals surface area contributed by atoms with Crippen molar-refractivity contribution >= 4 is 27.7 Å². The van der Waals surface area contributed by atoms with E-state index in [1.165, 1.54) is 16.4 Å². The van der Waals surface area contributed by atoms with Crippen molar-refractivity contribution in [3.05, 3.63) is 29.3 Å². The van der Waals surface area contributed by atoms with E-state index in [-0.39, 0.29) is 10.9 Å². The second-order valence-electron chi connectivity index (χ2n) is 6.60. The minimum Gasteiger partial charge on any atom is -0.322 e. The summed E-state index contributed by atoms with van der Waals surface area (Å²) in [4.78, 5) is 16.8. The van der Waals surface area contributed by atoms with E-state index in [1.807, 2.05) is 0 Å². The smallest absolute Gasteiger partial charge is 0.318 e. The lowest BCUT2D eigenvalue weighted by molar-refractivity contribution is 0.137.